The molecule has 0 saturated carbocycles. The minimum Gasteiger partial charge on any atom is -0.466 e. The van der Waals surface area contributed by atoms with Gasteiger partial charge in [0.1, 0.15) is 0 Å². The zero-order valence-electron chi connectivity index (χ0n) is 21.4. The number of rotatable bonds is 22. The first-order valence-electron chi connectivity index (χ1n) is 13.4. The average Bonchev–Trinajstić information content (AvgIpc) is 2.78. The molecule has 0 heterocycles. The Morgan fingerprint density at radius 1 is 0.656 bits per heavy atom. The molecule has 1 unspecified atom stereocenters. The van der Waals surface area contributed by atoms with Crippen LogP contribution >= 0.6 is 0 Å². The van der Waals surface area contributed by atoms with Crippen molar-refractivity contribution in [3.05, 3.63) is 0 Å². The van der Waals surface area contributed by atoms with Gasteiger partial charge in [0.05, 0.1) is 6.61 Å². The molecule has 0 N–H and O–H groups in total. The highest BCUT2D eigenvalue weighted by Gasteiger charge is 2.09. The van der Waals surface area contributed by atoms with E-state index in [2.05, 4.69) is 18.8 Å². The van der Waals surface area contributed by atoms with Crippen LogP contribution in [0.2, 0.25) is 0 Å². The molecule has 0 rings (SSSR count). The van der Waals surface area contributed by atoms with E-state index in [0.29, 0.717) is 19.4 Å². The maximum absolute atomic E-state index is 11.8. The molecule has 0 amide bonds. The molecule has 0 aromatic rings. The van der Waals surface area contributed by atoms with Crippen LogP contribution in [0.4, 0.5) is 0 Å². The van der Waals surface area contributed by atoms with E-state index in [1.165, 1.54) is 57.8 Å². The molecule has 0 aromatic heterocycles. The summed E-state index contributed by atoms with van der Waals surface area (Å²) in [5.41, 5.74) is 0. The van der Waals surface area contributed by atoms with Crippen molar-refractivity contribution in [2.45, 2.75) is 149 Å². The van der Waals surface area contributed by atoms with Crippen molar-refractivity contribution < 1.29 is 19.1 Å². The average molecular weight is 451 g/mol. The summed E-state index contributed by atoms with van der Waals surface area (Å²) in [5, 5.41) is 0. The van der Waals surface area contributed by atoms with Gasteiger partial charge in [-0.25, -0.2) is 0 Å². The first-order valence-corrected chi connectivity index (χ1v) is 13.4. The lowest BCUT2D eigenvalue weighted by Crippen LogP contribution is -2.15. The molecule has 0 bridgehead atoms. The summed E-state index contributed by atoms with van der Waals surface area (Å²) in [5.74, 6) is 5.50. The molecule has 0 spiro atoms. The predicted octanol–water partition coefficient (Wildman–Crippen LogP) is 7.92. The van der Waals surface area contributed by atoms with Crippen LogP contribution in [0.3, 0.4) is 0 Å². The Bertz CT molecular complexity index is 503. The zero-order valence-corrected chi connectivity index (χ0v) is 21.4. The topological polar surface area (TPSA) is 52.6 Å². The Morgan fingerprint density at radius 3 is 1.62 bits per heavy atom. The summed E-state index contributed by atoms with van der Waals surface area (Å²) in [6.45, 7) is 6.56. The Hall–Kier alpha value is -1.50. The van der Waals surface area contributed by atoms with Crippen LogP contribution in [0.25, 0.3) is 0 Å². The van der Waals surface area contributed by atoms with E-state index in [1.54, 1.807) is 6.92 Å². The standard InChI is InChI=1S/C28H50O4/c1-4-7-8-9-10-11-12-15-18-21-25-31-27(29)23-19-16-13-14-17-20-24-28(30)32-26(6-3)22-5-2/h26H,4,6-21,23-25H2,1-3H3. The van der Waals surface area contributed by atoms with Gasteiger partial charge in [0.25, 0.3) is 0 Å². The van der Waals surface area contributed by atoms with Gasteiger partial charge in [-0.2, -0.15) is 0 Å². The van der Waals surface area contributed by atoms with E-state index < -0.39 is 0 Å². The Morgan fingerprint density at radius 2 is 1.12 bits per heavy atom. The molecule has 1 atom stereocenters. The molecular weight excluding hydrogens is 400 g/mol. The van der Waals surface area contributed by atoms with Crippen LogP contribution in [-0.2, 0) is 19.1 Å². The van der Waals surface area contributed by atoms with Crippen LogP contribution in [0.1, 0.15) is 143 Å². The summed E-state index contributed by atoms with van der Waals surface area (Å²) in [4.78, 5) is 23.6. The molecule has 186 valence electrons. The number of carbonyl (C=O) groups is 2. The molecule has 0 aromatic carbocycles. The van der Waals surface area contributed by atoms with Crippen LogP contribution < -0.4 is 0 Å². The number of ether oxygens (including phenoxy) is 2. The van der Waals surface area contributed by atoms with E-state index in [9.17, 15) is 9.59 Å². The fraction of sp³-hybridized carbons (Fsp3) is 0.857. The second-order valence-corrected chi connectivity index (χ2v) is 8.80. The lowest BCUT2D eigenvalue weighted by Gasteiger charge is -2.10. The third-order valence-corrected chi connectivity index (χ3v) is 5.72. The molecule has 0 aliphatic heterocycles. The smallest absolute Gasteiger partial charge is 0.307 e. The van der Waals surface area contributed by atoms with Crippen molar-refractivity contribution in [1.82, 2.24) is 0 Å². The summed E-state index contributed by atoms with van der Waals surface area (Å²) in [6.07, 6.45) is 20.4. The fourth-order valence-corrected chi connectivity index (χ4v) is 3.69. The van der Waals surface area contributed by atoms with Gasteiger partial charge < -0.3 is 9.47 Å². The maximum atomic E-state index is 11.8. The van der Waals surface area contributed by atoms with Crippen LogP contribution in [0.5, 0.6) is 0 Å². The minimum atomic E-state index is -0.266. The van der Waals surface area contributed by atoms with Crippen molar-refractivity contribution in [3.8, 4) is 11.8 Å². The van der Waals surface area contributed by atoms with Gasteiger partial charge in [0.2, 0.25) is 0 Å². The molecule has 0 aliphatic carbocycles. The SMILES string of the molecule is CC#CC(CC)OC(=O)CCCCCCCCC(=O)OCCCCCCCCCCCC. The summed E-state index contributed by atoms with van der Waals surface area (Å²) < 4.78 is 10.7. The van der Waals surface area contributed by atoms with Crippen LogP contribution in [-0.4, -0.2) is 24.6 Å². The molecule has 32 heavy (non-hydrogen) atoms. The predicted molar refractivity (Wildman–Crippen MR) is 133 cm³/mol. The van der Waals surface area contributed by atoms with Crippen molar-refractivity contribution in [3.63, 3.8) is 0 Å². The lowest BCUT2D eigenvalue weighted by molar-refractivity contribution is -0.147. The molecule has 0 aliphatic rings. The van der Waals surface area contributed by atoms with Crippen molar-refractivity contribution >= 4 is 11.9 Å². The van der Waals surface area contributed by atoms with Gasteiger partial charge in [0.15, 0.2) is 6.10 Å². The Labute approximate surface area is 198 Å². The second kappa shape index (κ2) is 24.1. The second-order valence-electron chi connectivity index (χ2n) is 8.80. The highest BCUT2D eigenvalue weighted by atomic mass is 16.5. The normalized spacial score (nSPS) is 11.5. The molecule has 4 nitrogen and oxygen atoms in total. The molecule has 0 radical (unpaired) electrons. The molecule has 4 heteroatoms. The Kier molecular flexibility index (Phi) is 23.0. The van der Waals surface area contributed by atoms with Gasteiger partial charge >= 0.3 is 11.9 Å². The highest BCUT2D eigenvalue weighted by Crippen LogP contribution is 2.12. The third-order valence-electron chi connectivity index (χ3n) is 5.72. The zero-order chi connectivity index (χ0) is 23.7. The summed E-state index contributed by atoms with van der Waals surface area (Å²) in [7, 11) is 0. The first kappa shape index (κ1) is 30.5. The fourth-order valence-electron chi connectivity index (χ4n) is 3.69. The minimum absolute atomic E-state index is 0.0515. The summed E-state index contributed by atoms with van der Waals surface area (Å²) >= 11 is 0. The van der Waals surface area contributed by atoms with Gasteiger partial charge in [-0.3, -0.25) is 9.59 Å². The van der Waals surface area contributed by atoms with Crippen LogP contribution in [0.15, 0.2) is 0 Å². The largest absolute Gasteiger partial charge is 0.466 e. The van der Waals surface area contributed by atoms with Gasteiger partial charge in [0, 0.05) is 12.8 Å². The van der Waals surface area contributed by atoms with Crippen molar-refractivity contribution in [2.24, 2.45) is 0 Å². The lowest BCUT2D eigenvalue weighted by atomic mass is 10.1. The van der Waals surface area contributed by atoms with Gasteiger partial charge in [-0.15, -0.1) is 5.92 Å². The molecule has 0 saturated heterocycles. The number of esters is 2. The van der Waals surface area contributed by atoms with E-state index in [0.717, 1.165) is 51.4 Å². The van der Waals surface area contributed by atoms with Crippen molar-refractivity contribution in [2.75, 3.05) is 6.61 Å². The first-order chi connectivity index (χ1) is 15.6. The van der Waals surface area contributed by atoms with E-state index in [-0.39, 0.29) is 18.0 Å². The third kappa shape index (κ3) is 21.7. The Balaban J connectivity index is 3.36. The van der Waals surface area contributed by atoms with Crippen LogP contribution in [0, 0.1) is 11.8 Å². The van der Waals surface area contributed by atoms with Gasteiger partial charge in [-0.1, -0.05) is 103 Å². The van der Waals surface area contributed by atoms with Gasteiger partial charge in [-0.05, 0) is 32.6 Å². The molecular formula is C28H50O4. The number of unbranched alkanes of at least 4 members (excludes halogenated alkanes) is 14. The highest BCUT2D eigenvalue weighted by molar-refractivity contribution is 5.69. The summed E-state index contributed by atoms with van der Waals surface area (Å²) in [6, 6.07) is 0. The monoisotopic (exact) mass is 450 g/mol. The van der Waals surface area contributed by atoms with E-state index in [1.807, 2.05) is 6.92 Å². The number of hydrogen-bond acceptors (Lipinski definition) is 4. The van der Waals surface area contributed by atoms with Crippen molar-refractivity contribution in [1.29, 1.82) is 0 Å². The quantitative estimate of drug-likeness (QED) is 0.0955. The number of carbonyl (C=O) groups excluding carboxylic acids is 2. The maximum Gasteiger partial charge on any atom is 0.307 e. The molecule has 0 fully saturated rings. The van der Waals surface area contributed by atoms with E-state index in [4.69, 9.17) is 9.47 Å². The number of hydrogen-bond donors (Lipinski definition) is 0. The van der Waals surface area contributed by atoms with E-state index >= 15 is 0 Å².